The Balaban J connectivity index is 1.45. The summed E-state index contributed by atoms with van der Waals surface area (Å²) in [6, 6.07) is 17.2. The SMILES string of the molecule is CN(c1nc2ccccc2[nH]1)[C@@H]1CCCC[C@H]1N(C)c1nc2ccccc2[nH]1. The highest BCUT2D eigenvalue weighted by Gasteiger charge is 2.33. The second kappa shape index (κ2) is 6.86. The van der Waals surface area contributed by atoms with E-state index in [9.17, 15) is 0 Å². The Labute approximate surface area is 164 Å². The Hall–Kier alpha value is -3.02. The summed E-state index contributed by atoms with van der Waals surface area (Å²) in [5.41, 5.74) is 4.20. The molecule has 0 amide bonds. The van der Waals surface area contributed by atoms with Crippen LogP contribution in [0.15, 0.2) is 48.5 Å². The Morgan fingerprint density at radius 3 is 1.57 bits per heavy atom. The van der Waals surface area contributed by atoms with Gasteiger partial charge >= 0.3 is 0 Å². The molecule has 28 heavy (non-hydrogen) atoms. The van der Waals surface area contributed by atoms with Crippen LogP contribution < -0.4 is 9.80 Å². The first kappa shape index (κ1) is 17.1. The molecular weight excluding hydrogens is 348 g/mol. The third-order valence-electron chi connectivity index (χ3n) is 6.11. The maximum absolute atomic E-state index is 4.82. The molecule has 0 spiro atoms. The number of imidazole rings is 2. The van der Waals surface area contributed by atoms with Crippen molar-refractivity contribution in [1.82, 2.24) is 19.9 Å². The highest BCUT2D eigenvalue weighted by molar-refractivity contribution is 5.78. The topological polar surface area (TPSA) is 63.8 Å². The number of rotatable bonds is 4. The number of aromatic nitrogens is 4. The molecule has 1 aliphatic carbocycles. The number of nitrogens with one attached hydrogen (secondary N) is 2. The second-order valence-electron chi connectivity index (χ2n) is 7.80. The van der Waals surface area contributed by atoms with E-state index in [1.807, 2.05) is 24.3 Å². The smallest absolute Gasteiger partial charge is 0.203 e. The van der Waals surface area contributed by atoms with Crippen molar-refractivity contribution in [2.24, 2.45) is 0 Å². The van der Waals surface area contributed by atoms with E-state index in [-0.39, 0.29) is 0 Å². The molecule has 0 saturated heterocycles. The monoisotopic (exact) mass is 374 g/mol. The van der Waals surface area contributed by atoms with Crippen molar-refractivity contribution < 1.29 is 0 Å². The molecule has 0 bridgehead atoms. The van der Waals surface area contributed by atoms with Crippen molar-refractivity contribution in [3.63, 3.8) is 0 Å². The van der Waals surface area contributed by atoms with Gasteiger partial charge in [0.05, 0.1) is 34.2 Å². The fourth-order valence-electron chi connectivity index (χ4n) is 4.52. The molecular formula is C22H26N6. The number of hydrogen-bond acceptors (Lipinski definition) is 4. The summed E-state index contributed by atoms with van der Waals surface area (Å²) in [6.07, 6.45) is 4.81. The van der Waals surface area contributed by atoms with Gasteiger partial charge in [0, 0.05) is 14.1 Å². The van der Waals surface area contributed by atoms with Crippen LogP contribution in [0.1, 0.15) is 25.7 Å². The summed E-state index contributed by atoms with van der Waals surface area (Å²) in [6.45, 7) is 0. The van der Waals surface area contributed by atoms with Gasteiger partial charge in [-0.3, -0.25) is 0 Å². The quantitative estimate of drug-likeness (QED) is 0.558. The number of anilines is 2. The van der Waals surface area contributed by atoms with Gasteiger partial charge < -0.3 is 19.8 Å². The van der Waals surface area contributed by atoms with Gasteiger partial charge in [-0.1, -0.05) is 37.1 Å². The third kappa shape index (κ3) is 2.89. The van der Waals surface area contributed by atoms with Crippen molar-refractivity contribution in [3.05, 3.63) is 48.5 Å². The van der Waals surface area contributed by atoms with Crippen LogP contribution in [0.2, 0.25) is 0 Å². The largest absolute Gasteiger partial charge is 0.340 e. The first-order valence-electron chi connectivity index (χ1n) is 10.1. The number of hydrogen-bond donors (Lipinski definition) is 2. The first-order chi connectivity index (χ1) is 13.7. The summed E-state index contributed by atoms with van der Waals surface area (Å²) in [7, 11) is 4.32. The molecule has 1 saturated carbocycles. The van der Waals surface area contributed by atoms with Gasteiger partial charge in [0.25, 0.3) is 0 Å². The maximum Gasteiger partial charge on any atom is 0.203 e. The molecule has 5 rings (SSSR count). The number of likely N-dealkylation sites (N-methyl/N-ethyl adjacent to an activating group) is 2. The number of para-hydroxylation sites is 4. The first-order valence-corrected chi connectivity index (χ1v) is 10.1. The minimum absolute atomic E-state index is 0.382. The summed E-state index contributed by atoms with van der Waals surface area (Å²) >= 11 is 0. The lowest BCUT2D eigenvalue weighted by Crippen LogP contribution is -2.52. The molecule has 2 aromatic heterocycles. The van der Waals surface area contributed by atoms with Crippen molar-refractivity contribution >= 4 is 34.0 Å². The molecule has 0 aliphatic heterocycles. The second-order valence-corrected chi connectivity index (χ2v) is 7.80. The molecule has 1 aliphatic rings. The normalized spacial score (nSPS) is 19.9. The molecule has 6 heteroatoms. The van der Waals surface area contributed by atoms with Gasteiger partial charge in [-0.2, -0.15) is 0 Å². The molecule has 0 radical (unpaired) electrons. The lowest BCUT2D eigenvalue weighted by atomic mass is 9.88. The molecule has 4 aromatic rings. The van der Waals surface area contributed by atoms with Crippen LogP contribution in [-0.4, -0.2) is 46.1 Å². The Morgan fingerprint density at radius 2 is 1.14 bits per heavy atom. The van der Waals surface area contributed by atoms with Crippen LogP contribution in [0.4, 0.5) is 11.9 Å². The molecule has 2 N–H and O–H groups in total. The summed E-state index contributed by atoms with van der Waals surface area (Å²) < 4.78 is 0. The highest BCUT2D eigenvalue weighted by Crippen LogP contribution is 2.31. The van der Waals surface area contributed by atoms with E-state index in [0.29, 0.717) is 12.1 Å². The Kier molecular flexibility index (Phi) is 4.19. The van der Waals surface area contributed by atoms with Crippen LogP contribution in [0.25, 0.3) is 22.1 Å². The molecule has 0 unspecified atom stereocenters. The fraction of sp³-hybridized carbons (Fsp3) is 0.364. The van der Waals surface area contributed by atoms with Crippen LogP contribution in [0.3, 0.4) is 0 Å². The zero-order valence-corrected chi connectivity index (χ0v) is 16.4. The van der Waals surface area contributed by atoms with Gasteiger partial charge in [0.2, 0.25) is 11.9 Å². The van der Waals surface area contributed by atoms with E-state index in [1.165, 1.54) is 12.8 Å². The lowest BCUT2D eigenvalue weighted by molar-refractivity contribution is 0.359. The predicted molar refractivity (Wildman–Crippen MR) is 115 cm³/mol. The van der Waals surface area contributed by atoms with Crippen LogP contribution in [-0.2, 0) is 0 Å². The predicted octanol–water partition coefficient (Wildman–Crippen LogP) is 4.32. The summed E-state index contributed by atoms with van der Waals surface area (Å²) in [5.74, 6) is 1.88. The third-order valence-corrected chi connectivity index (χ3v) is 6.11. The molecule has 144 valence electrons. The number of nitrogens with zero attached hydrogens (tertiary/aromatic N) is 4. The number of fused-ring (bicyclic) bond motifs is 2. The van der Waals surface area contributed by atoms with E-state index in [4.69, 9.17) is 9.97 Å². The van der Waals surface area contributed by atoms with E-state index in [2.05, 4.69) is 58.1 Å². The maximum atomic E-state index is 4.82. The number of H-pyrrole nitrogens is 2. The standard InChI is InChI=1S/C22H26N6/c1-27(21-23-15-9-3-4-10-16(15)24-21)19-13-7-8-14-20(19)28(2)22-25-17-11-5-6-12-18(17)26-22/h3-6,9-12,19-20H,7-8,13-14H2,1-2H3,(H,23,24)(H,25,26)/t19-,20-/m1/s1. The van der Waals surface area contributed by atoms with Crippen LogP contribution in [0.5, 0.6) is 0 Å². The molecule has 1 fully saturated rings. The van der Waals surface area contributed by atoms with Gasteiger partial charge in [-0.05, 0) is 37.1 Å². The van der Waals surface area contributed by atoms with Crippen molar-refractivity contribution in [2.45, 2.75) is 37.8 Å². The minimum Gasteiger partial charge on any atom is -0.340 e. The van der Waals surface area contributed by atoms with E-state index in [1.54, 1.807) is 0 Å². The Bertz CT molecular complexity index is 943. The van der Waals surface area contributed by atoms with Gasteiger partial charge in [-0.25, -0.2) is 9.97 Å². The van der Waals surface area contributed by atoms with Gasteiger partial charge in [0.15, 0.2) is 0 Å². The zero-order chi connectivity index (χ0) is 19.1. The zero-order valence-electron chi connectivity index (χ0n) is 16.4. The molecule has 2 atom stereocenters. The number of benzene rings is 2. The molecule has 2 heterocycles. The average molecular weight is 374 g/mol. The van der Waals surface area contributed by atoms with E-state index in [0.717, 1.165) is 46.8 Å². The lowest BCUT2D eigenvalue weighted by Gasteiger charge is -2.42. The van der Waals surface area contributed by atoms with Crippen LogP contribution in [0, 0.1) is 0 Å². The Morgan fingerprint density at radius 1 is 0.714 bits per heavy atom. The summed E-state index contributed by atoms with van der Waals surface area (Å²) in [4.78, 5) is 21.3. The average Bonchev–Trinajstić information content (AvgIpc) is 3.36. The molecule has 6 nitrogen and oxygen atoms in total. The minimum atomic E-state index is 0.382. The van der Waals surface area contributed by atoms with E-state index >= 15 is 0 Å². The van der Waals surface area contributed by atoms with Crippen molar-refractivity contribution in [1.29, 1.82) is 0 Å². The number of aromatic amines is 2. The summed E-state index contributed by atoms with van der Waals surface area (Å²) in [5, 5.41) is 0. The van der Waals surface area contributed by atoms with Gasteiger partial charge in [0.1, 0.15) is 0 Å². The van der Waals surface area contributed by atoms with Gasteiger partial charge in [-0.15, -0.1) is 0 Å². The van der Waals surface area contributed by atoms with E-state index < -0.39 is 0 Å². The highest BCUT2D eigenvalue weighted by atomic mass is 15.3. The fourth-order valence-corrected chi connectivity index (χ4v) is 4.52. The molecule has 2 aromatic carbocycles. The van der Waals surface area contributed by atoms with Crippen molar-refractivity contribution in [3.8, 4) is 0 Å². The van der Waals surface area contributed by atoms with Crippen molar-refractivity contribution in [2.75, 3.05) is 23.9 Å². The van der Waals surface area contributed by atoms with Crippen LogP contribution >= 0.6 is 0 Å².